The van der Waals surface area contributed by atoms with E-state index in [9.17, 15) is 0 Å². The molecule has 0 atom stereocenters. The maximum absolute atomic E-state index is 8.75. The van der Waals surface area contributed by atoms with Crippen LogP contribution in [0.2, 0.25) is 0 Å². The van der Waals surface area contributed by atoms with Crippen LogP contribution in [0.3, 0.4) is 0 Å². The zero-order valence-electron chi connectivity index (χ0n) is 8.90. The minimum atomic E-state index is 0.628. The molecule has 2 N–H and O–H groups in total. The molecular formula is C12H15N3. The lowest BCUT2D eigenvalue weighted by atomic mass is 10.1. The van der Waals surface area contributed by atoms with Gasteiger partial charge in [0.05, 0.1) is 23.0 Å². The monoisotopic (exact) mass is 201 g/mol. The third-order valence-corrected chi connectivity index (χ3v) is 2.79. The molecule has 0 spiro atoms. The van der Waals surface area contributed by atoms with E-state index in [-0.39, 0.29) is 0 Å². The van der Waals surface area contributed by atoms with E-state index >= 15 is 0 Å². The molecule has 3 nitrogen and oxygen atoms in total. The topological polar surface area (TPSA) is 53.0 Å². The van der Waals surface area contributed by atoms with Gasteiger partial charge >= 0.3 is 0 Å². The highest BCUT2D eigenvalue weighted by atomic mass is 15.2. The van der Waals surface area contributed by atoms with E-state index in [1.165, 1.54) is 12.8 Å². The van der Waals surface area contributed by atoms with Gasteiger partial charge in [0.25, 0.3) is 0 Å². The van der Waals surface area contributed by atoms with Crippen molar-refractivity contribution in [3.8, 4) is 6.07 Å². The fourth-order valence-corrected chi connectivity index (χ4v) is 1.90. The van der Waals surface area contributed by atoms with Crippen LogP contribution >= 0.6 is 0 Å². The van der Waals surface area contributed by atoms with Gasteiger partial charge < -0.3 is 10.6 Å². The summed E-state index contributed by atoms with van der Waals surface area (Å²) in [5, 5.41) is 8.75. The summed E-state index contributed by atoms with van der Waals surface area (Å²) in [5.74, 6) is 0. The molecule has 0 amide bonds. The third-order valence-electron chi connectivity index (χ3n) is 2.79. The first-order valence-corrected chi connectivity index (χ1v) is 5.32. The number of nitriles is 1. The number of nitrogens with zero attached hydrogens (tertiary/aromatic N) is 2. The first-order valence-electron chi connectivity index (χ1n) is 5.32. The van der Waals surface area contributed by atoms with Crippen molar-refractivity contribution in [3.63, 3.8) is 0 Å². The SMILES string of the molecule is CCN(c1ccc(C#N)cc1N)C1CC1. The van der Waals surface area contributed by atoms with Gasteiger partial charge in [-0.05, 0) is 38.0 Å². The fraction of sp³-hybridized carbons (Fsp3) is 0.417. The fourth-order valence-electron chi connectivity index (χ4n) is 1.90. The molecule has 0 bridgehead atoms. The molecule has 0 aromatic heterocycles. The van der Waals surface area contributed by atoms with Gasteiger partial charge in [0.1, 0.15) is 0 Å². The molecule has 1 aromatic rings. The number of rotatable bonds is 3. The number of anilines is 2. The summed E-state index contributed by atoms with van der Waals surface area (Å²) in [6.45, 7) is 3.11. The van der Waals surface area contributed by atoms with Gasteiger partial charge in [-0.3, -0.25) is 0 Å². The van der Waals surface area contributed by atoms with Crippen molar-refractivity contribution in [1.82, 2.24) is 0 Å². The van der Waals surface area contributed by atoms with E-state index in [0.717, 1.165) is 12.2 Å². The molecule has 3 heteroatoms. The quantitative estimate of drug-likeness (QED) is 0.762. The molecule has 1 aliphatic rings. The standard InChI is InChI=1S/C12H15N3/c1-2-15(10-4-5-10)12-6-3-9(8-13)7-11(12)14/h3,6-7,10H,2,4-5,14H2,1H3. The summed E-state index contributed by atoms with van der Waals surface area (Å²) in [6, 6.07) is 8.29. The van der Waals surface area contributed by atoms with Crippen molar-refractivity contribution in [2.45, 2.75) is 25.8 Å². The number of nitrogen functional groups attached to an aromatic ring is 1. The first kappa shape index (κ1) is 9.85. The zero-order chi connectivity index (χ0) is 10.8. The molecule has 0 radical (unpaired) electrons. The van der Waals surface area contributed by atoms with Crippen molar-refractivity contribution in [3.05, 3.63) is 23.8 Å². The number of benzene rings is 1. The Morgan fingerprint density at radius 3 is 2.73 bits per heavy atom. The Labute approximate surface area is 90.1 Å². The molecule has 1 saturated carbocycles. The lowest BCUT2D eigenvalue weighted by molar-refractivity contribution is 0.828. The van der Waals surface area contributed by atoms with Crippen molar-refractivity contribution >= 4 is 11.4 Å². The summed E-state index contributed by atoms with van der Waals surface area (Å²) in [6.07, 6.45) is 2.51. The smallest absolute Gasteiger partial charge is 0.0992 e. The second kappa shape index (κ2) is 3.82. The van der Waals surface area contributed by atoms with Gasteiger partial charge in [-0.25, -0.2) is 0 Å². The molecule has 0 heterocycles. The Morgan fingerprint density at radius 1 is 1.53 bits per heavy atom. The predicted molar refractivity (Wildman–Crippen MR) is 61.6 cm³/mol. The molecule has 2 rings (SSSR count). The largest absolute Gasteiger partial charge is 0.397 e. The van der Waals surface area contributed by atoms with Crippen LogP contribution < -0.4 is 10.6 Å². The van der Waals surface area contributed by atoms with Gasteiger partial charge in [-0.15, -0.1) is 0 Å². The van der Waals surface area contributed by atoms with Crippen molar-refractivity contribution in [1.29, 1.82) is 5.26 Å². The number of hydrogen-bond donors (Lipinski definition) is 1. The molecule has 1 aromatic carbocycles. The van der Waals surface area contributed by atoms with Crippen LogP contribution in [0.1, 0.15) is 25.3 Å². The molecule has 1 aliphatic carbocycles. The minimum Gasteiger partial charge on any atom is -0.397 e. The average molecular weight is 201 g/mol. The first-order chi connectivity index (χ1) is 7.26. The molecule has 0 unspecified atom stereocenters. The van der Waals surface area contributed by atoms with Crippen LogP contribution in [0.15, 0.2) is 18.2 Å². The van der Waals surface area contributed by atoms with E-state index in [0.29, 0.717) is 17.3 Å². The Kier molecular flexibility index (Phi) is 2.51. The van der Waals surface area contributed by atoms with Crippen LogP contribution in [-0.2, 0) is 0 Å². The van der Waals surface area contributed by atoms with Gasteiger partial charge in [0.2, 0.25) is 0 Å². The summed E-state index contributed by atoms with van der Waals surface area (Å²) < 4.78 is 0. The molecule has 78 valence electrons. The molecule has 15 heavy (non-hydrogen) atoms. The van der Waals surface area contributed by atoms with Crippen LogP contribution in [0, 0.1) is 11.3 Å². The summed E-state index contributed by atoms with van der Waals surface area (Å²) in [5.41, 5.74) is 8.35. The Balaban J connectivity index is 2.31. The molecular weight excluding hydrogens is 186 g/mol. The summed E-state index contributed by atoms with van der Waals surface area (Å²) >= 11 is 0. The van der Waals surface area contributed by atoms with E-state index in [1.807, 2.05) is 12.1 Å². The number of hydrogen-bond acceptors (Lipinski definition) is 3. The third kappa shape index (κ3) is 1.89. The second-order valence-electron chi connectivity index (χ2n) is 3.90. The van der Waals surface area contributed by atoms with Crippen molar-refractivity contribution in [2.24, 2.45) is 0 Å². The van der Waals surface area contributed by atoms with E-state index in [4.69, 9.17) is 11.0 Å². The Morgan fingerprint density at radius 2 is 2.27 bits per heavy atom. The molecule has 0 saturated heterocycles. The molecule has 1 fully saturated rings. The lowest BCUT2D eigenvalue weighted by Crippen LogP contribution is -2.25. The lowest BCUT2D eigenvalue weighted by Gasteiger charge is -2.24. The van der Waals surface area contributed by atoms with Crippen LogP contribution in [0.25, 0.3) is 0 Å². The maximum Gasteiger partial charge on any atom is 0.0992 e. The molecule has 0 aliphatic heterocycles. The van der Waals surface area contributed by atoms with E-state index in [1.54, 1.807) is 6.07 Å². The van der Waals surface area contributed by atoms with E-state index in [2.05, 4.69) is 17.9 Å². The van der Waals surface area contributed by atoms with Crippen molar-refractivity contribution in [2.75, 3.05) is 17.2 Å². The van der Waals surface area contributed by atoms with Gasteiger partial charge in [0.15, 0.2) is 0 Å². The summed E-state index contributed by atoms with van der Waals surface area (Å²) in [4.78, 5) is 2.32. The zero-order valence-corrected chi connectivity index (χ0v) is 8.90. The summed E-state index contributed by atoms with van der Waals surface area (Å²) in [7, 11) is 0. The predicted octanol–water partition coefficient (Wildman–Crippen LogP) is 2.13. The average Bonchev–Trinajstić information content (AvgIpc) is 3.05. The number of nitrogens with two attached hydrogens (primary N) is 1. The Hall–Kier alpha value is -1.69. The van der Waals surface area contributed by atoms with Crippen molar-refractivity contribution < 1.29 is 0 Å². The van der Waals surface area contributed by atoms with Gasteiger partial charge in [0, 0.05) is 12.6 Å². The maximum atomic E-state index is 8.75. The highest BCUT2D eigenvalue weighted by Gasteiger charge is 2.28. The normalized spacial score (nSPS) is 14.7. The Bertz CT molecular complexity index is 402. The van der Waals surface area contributed by atoms with Crippen LogP contribution in [0.5, 0.6) is 0 Å². The minimum absolute atomic E-state index is 0.628. The van der Waals surface area contributed by atoms with Gasteiger partial charge in [-0.1, -0.05) is 0 Å². The van der Waals surface area contributed by atoms with Gasteiger partial charge in [-0.2, -0.15) is 5.26 Å². The second-order valence-corrected chi connectivity index (χ2v) is 3.90. The highest BCUT2D eigenvalue weighted by Crippen LogP contribution is 2.34. The van der Waals surface area contributed by atoms with E-state index < -0.39 is 0 Å². The van der Waals surface area contributed by atoms with Crippen LogP contribution in [-0.4, -0.2) is 12.6 Å². The van der Waals surface area contributed by atoms with Crippen LogP contribution in [0.4, 0.5) is 11.4 Å². The highest BCUT2D eigenvalue weighted by molar-refractivity contribution is 5.70.